The average molecular weight is 308 g/mol. The van der Waals surface area contributed by atoms with Crippen LogP contribution in [0.25, 0.3) is 0 Å². The van der Waals surface area contributed by atoms with Gasteiger partial charge >= 0.3 is 11.9 Å². The molecule has 3 rings (SSSR count). The van der Waals surface area contributed by atoms with Crippen LogP contribution in [0.3, 0.4) is 0 Å². The second-order valence-electron chi connectivity index (χ2n) is 7.50. The smallest absolute Gasteiger partial charge is 0.309 e. The summed E-state index contributed by atoms with van der Waals surface area (Å²) in [5.41, 5.74) is -0.807. The normalized spacial score (nSPS) is 47.5. The second kappa shape index (κ2) is 4.82. The number of hydrogen-bond acceptors (Lipinski definition) is 5. The lowest BCUT2D eigenvalue weighted by Crippen LogP contribution is -2.60. The third-order valence-corrected chi connectivity index (χ3v) is 6.01. The zero-order valence-electron chi connectivity index (χ0n) is 13.4. The van der Waals surface area contributed by atoms with Crippen molar-refractivity contribution >= 4 is 11.9 Å². The Labute approximate surface area is 130 Å². The molecule has 1 heterocycles. The van der Waals surface area contributed by atoms with Gasteiger partial charge in [0.1, 0.15) is 12.2 Å². The molecule has 0 aromatic rings. The van der Waals surface area contributed by atoms with E-state index < -0.39 is 11.0 Å². The van der Waals surface area contributed by atoms with Crippen molar-refractivity contribution in [2.75, 3.05) is 0 Å². The minimum absolute atomic E-state index is 0.0348. The SMILES string of the molecule is C=C1CC(OC(C)=O)CC2(C)CC3OC(=O)C(C)C3CC12O. The third-order valence-electron chi connectivity index (χ3n) is 6.01. The van der Waals surface area contributed by atoms with E-state index in [2.05, 4.69) is 6.58 Å². The summed E-state index contributed by atoms with van der Waals surface area (Å²) in [5, 5.41) is 11.3. The van der Waals surface area contributed by atoms with E-state index >= 15 is 0 Å². The molecule has 0 aromatic heterocycles. The van der Waals surface area contributed by atoms with Crippen molar-refractivity contribution in [3.8, 4) is 0 Å². The first kappa shape index (κ1) is 15.5. The van der Waals surface area contributed by atoms with E-state index in [1.54, 1.807) is 0 Å². The Bertz CT molecular complexity index is 541. The van der Waals surface area contributed by atoms with Crippen molar-refractivity contribution in [1.82, 2.24) is 0 Å². The van der Waals surface area contributed by atoms with E-state index in [1.165, 1.54) is 6.92 Å². The highest BCUT2D eigenvalue weighted by atomic mass is 16.6. The lowest BCUT2D eigenvalue weighted by Gasteiger charge is -2.56. The highest BCUT2D eigenvalue weighted by molar-refractivity contribution is 5.75. The van der Waals surface area contributed by atoms with Crippen LogP contribution in [0, 0.1) is 17.3 Å². The molecule has 1 saturated heterocycles. The van der Waals surface area contributed by atoms with E-state index in [0.717, 1.165) is 0 Å². The van der Waals surface area contributed by atoms with E-state index in [-0.39, 0.29) is 36.0 Å². The molecule has 5 heteroatoms. The van der Waals surface area contributed by atoms with Crippen LogP contribution >= 0.6 is 0 Å². The third kappa shape index (κ3) is 2.09. The van der Waals surface area contributed by atoms with Gasteiger partial charge in [-0.1, -0.05) is 20.4 Å². The van der Waals surface area contributed by atoms with Crippen molar-refractivity contribution < 1.29 is 24.2 Å². The average Bonchev–Trinajstić information content (AvgIpc) is 2.63. The summed E-state index contributed by atoms with van der Waals surface area (Å²) in [6.07, 6.45) is 1.70. The highest BCUT2D eigenvalue weighted by Gasteiger charge is 2.62. The van der Waals surface area contributed by atoms with Gasteiger partial charge in [0.2, 0.25) is 0 Å². The minimum Gasteiger partial charge on any atom is -0.462 e. The molecule has 0 amide bonds. The monoisotopic (exact) mass is 308 g/mol. The molecule has 1 N–H and O–H groups in total. The maximum Gasteiger partial charge on any atom is 0.309 e. The molecule has 0 bridgehead atoms. The van der Waals surface area contributed by atoms with Gasteiger partial charge in [-0.3, -0.25) is 9.59 Å². The Morgan fingerprint density at radius 1 is 1.41 bits per heavy atom. The lowest BCUT2D eigenvalue weighted by molar-refractivity contribution is -0.175. The van der Waals surface area contributed by atoms with E-state index in [1.807, 2.05) is 13.8 Å². The Kier molecular flexibility index (Phi) is 3.40. The van der Waals surface area contributed by atoms with Crippen LogP contribution in [0.2, 0.25) is 0 Å². The molecule has 0 spiro atoms. The predicted molar refractivity (Wildman–Crippen MR) is 78.8 cm³/mol. The van der Waals surface area contributed by atoms with Gasteiger partial charge in [0.25, 0.3) is 0 Å². The molecule has 2 saturated carbocycles. The van der Waals surface area contributed by atoms with E-state index in [4.69, 9.17) is 9.47 Å². The number of hydrogen-bond donors (Lipinski definition) is 1. The zero-order chi connectivity index (χ0) is 16.3. The molecule has 0 radical (unpaired) electrons. The van der Waals surface area contributed by atoms with Crippen LogP contribution in [-0.2, 0) is 19.1 Å². The van der Waals surface area contributed by atoms with E-state index in [9.17, 15) is 14.7 Å². The number of aliphatic hydroxyl groups is 1. The van der Waals surface area contributed by atoms with Gasteiger partial charge in [-0.05, 0) is 24.8 Å². The number of rotatable bonds is 1. The summed E-state index contributed by atoms with van der Waals surface area (Å²) in [6.45, 7) is 9.31. The summed E-state index contributed by atoms with van der Waals surface area (Å²) in [6, 6.07) is 0. The molecule has 22 heavy (non-hydrogen) atoms. The number of carbonyl (C=O) groups is 2. The number of fused-ring (bicyclic) bond motifs is 2. The lowest BCUT2D eigenvalue weighted by atomic mass is 9.52. The maximum absolute atomic E-state index is 11.9. The summed E-state index contributed by atoms with van der Waals surface area (Å²) < 4.78 is 10.9. The second-order valence-corrected chi connectivity index (χ2v) is 7.50. The topological polar surface area (TPSA) is 72.8 Å². The summed E-state index contributed by atoms with van der Waals surface area (Å²) in [4.78, 5) is 23.1. The molecule has 3 aliphatic rings. The molecule has 122 valence electrons. The van der Waals surface area contributed by atoms with Crippen molar-refractivity contribution in [3.05, 3.63) is 12.2 Å². The summed E-state index contributed by atoms with van der Waals surface area (Å²) in [7, 11) is 0. The fourth-order valence-corrected chi connectivity index (χ4v) is 4.70. The van der Waals surface area contributed by atoms with Crippen LogP contribution in [0.15, 0.2) is 12.2 Å². The van der Waals surface area contributed by atoms with Crippen LogP contribution < -0.4 is 0 Å². The Morgan fingerprint density at radius 2 is 2.09 bits per heavy atom. The minimum atomic E-state index is -1.02. The van der Waals surface area contributed by atoms with Gasteiger partial charge in [0.15, 0.2) is 0 Å². The van der Waals surface area contributed by atoms with Crippen LogP contribution in [0.4, 0.5) is 0 Å². The van der Waals surface area contributed by atoms with Gasteiger partial charge < -0.3 is 14.6 Å². The fourth-order valence-electron chi connectivity index (χ4n) is 4.70. The van der Waals surface area contributed by atoms with Crippen LogP contribution in [0.1, 0.15) is 46.5 Å². The highest BCUT2D eigenvalue weighted by Crippen LogP contribution is 2.59. The number of ether oxygens (including phenoxy) is 2. The maximum atomic E-state index is 11.9. The van der Waals surface area contributed by atoms with Gasteiger partial charge in [0, 0.05) is 24.7 Å². The largest absolute Gasteiger partial charge is 0.462 e. The Hall–Kier alpha value is -1.36. The van der Waals surface area contributed by atoms with E-state index in [0.29, 0.717) is 31.3 Å². The Morgan fingerprint density at radius 3 is 2.73 bits per heavy atom. The quantitative estimate of drug-likeness (QED) is 0.592. The fraction of sp³-hybridized carbons (Fsp3) is 0.765. The van der Waals surface area contributed by atoms with Gasteiger partial charge in [-0.25, -0.2) is 0 Å². The molecular formula is C17H24O5. The molecule has 2 aliphatic carbocycles. The zero-order valence-corrected chi connectivity index (χ0v) is 13.4. The first-order chi connectivity index (χ1) is 10.2. The number of esters is 2. The first-order valence-corrected chi connectivity index (χ1v) is 7.94. The molecule has 6 atom stereocenters. The number of carbonyl (C=O) groups excluding carboxylic acids is 2. The van der Waals surface area contributed by atoms with Crippen LogP contribution in [-0.4, -0.2) is 34.9 Å². The molecule has 5 nitrogen and oxygen atoms in total. The molecule has 3 fully saturated rings. The van der Waals surface area contributed by atoms with Gasteiger partial charge in [0.05, 0.1) is 11.5 Å². The van der Waals surface area contributed by atoms with Gasteiger partial charge in [-0.2, -0.15) is 0 Å². The molecule has 1 aliphatic heterocycles. The van der Waals surface area contributed by atoms with Crippen molar-refractivity contribution in [3.63, 3.8) is 0 Å². The summed E-state index contributed by atoms with van der Waals surface area (Å²) >= 11 is 0. The molecular weight excluding hydrogens is 284 g/mol. The van der Waals surface area contributed by atoms with Crippen LogP contribution in [0.5, 0.6) is 0 Å². The molecule has 0 aromatic carbocycles. The van der Waals surface area contributed by atoms with Crippen molar-refractivity contribution in [2.24, 2.45) is 17.3 Å². The predicted octanol–water partition coefficient (Wildman–Crippen LogP) is 1.98. The van der Waals surface area contributed by atoms with Gasteiger partial charge in [-0.15, -0.1) is 0 Å². The first-order valence-electron chi connectivity index (χ1n) is 7.94. The van der Waals surface area contributed by atoms with Crippen molar-refractivity contribution in [2.45, 2.75) is 64.3 Å². The Balaban J connectivity index is 1.89. The van der Waals surface area contributed by atoms with Crippen molar-refractivity contribution in [1.29, 1.82) is 0 Å². The standard InChI is InChI=1S/C17H24O5/c1-9-5-12(21-11(3)18)6-16(4)8-14-13(7-17(9,16)20)10(2)15(19)22-14/h10,12-14,20H,1,5-8H2,2-4H3. The molecule has 6 unspecified atom stereocenters. The summed E-state index contributed by atoms with van der Waals surface area (Å²) in [5.74, 6) is -0.644.